The molecule has 1 saturated carbocycles. The molecule has 0 spiro atoms. The van der Waals surface area contributed by atoms with Crippen molar-refractivity contribution in [1.29, 1.82) is 0 Å². The standard InChI is InChI=1S/C22H24N2O4/c1-3-28-22(27)16-7-9-17(10-8-16)24-21(26)19-12-18(19)20(25)23-13-15-6-4-5-14(2)11-15/h4-11,18-19H,3,12-13H2,1-2H3,(H,23,25)(H,24,26). The van der Waals surface area contributed by atoms with E-state index >= 15 is 0 Å². The topological polar surface area (TPSA) is 84.5 Å². The summed E-state index contributed by atoms with van der Waals surface area (Å²) in [6.07, 6.45) is 0.548. The summed E-state index contributed by atoms with van der Waals surface area (Å²) in [6, 6.07) is 14.5. The molecule has 0 bridgehead atoms. The minimum absolute atomic E-state index is 0.0979. The summed E-state index contributed by atoms with van der Waals surface area (Å²) < 4.78 is 4.93. The molecular weight excluding hydrogens is 356 g/mol. The van der Waals surface area contributed by atoms with Gasteiger partial charge >= 0.3 is 5.97 Å². The Morgan fingerprint density at radius 1 is 1.04 bits per heavy atom. The molecule has 3 rings (SSSR count). The predicted molar refractivity (Wildman–Crippen MR) is 106 cm³/mol. The monoisotopic (exact) mass is 380 g/mol. The molecule has 2 amide bonds. The second kappa shape index (κ2) is 8.69. The van der Waals surface area contributed by atoms with Crippen molar-refractivity contribution in [3.63, 3.8) is 0 Å². The van der Waals surface area contributed by atoms with Crippen LogP contribution in [0.1, 0.15) is 34.8 Å². The Labute approximate surface area is 164 Å². The lowest BCUT2D eigenvalue weighted by atomic mass is 10.1. The molecule has 1 fully saturated rings. The van der Waals surface area contributed by atoms with E-state index in [1.807, 2.05) is 31.2 Å². The Morgan fingerprint density at radius 3 is 2.43 bits per heavy atom. The van der Waals surface area contributed by atoms with Gasteiger partial charge in [0.15, 0.2) is 0 Å². The molecule has 1 aliphatic rings. The number of carbonyl (C=O) groups is 3. The zero-order valence-corrected chi connectivity index (χ0v) is 16.0. The van der Waals surface area contributed by atoms with Gasteiger partial charge in [-0.3, -0.25) is 9.59 Å². The molecule has 2 aromatic rings. The van der Waals surface area contributed by atoms with Gasteiger partial charge in [-0.25, -0.2) is 4.79 Å². The smallest absolute Gasteiger partial charge is 0.338 e. The number of aryl methyl sites for hydroxylation is 1. The molecule has 0 aromatic heterocycles. The summed E-state index contributed by atoms with van der Waals surface area (Å²) >= 11 is 0. The van der Waals surface area contributed by atoms with Crippen LogP contribution in [-0.2, 0) is 20.9 Å². The lowest BCUT2D eigenvalue weighted by Crippen LogP contribution is -2.27. The van der Waals surface area contributed by atoms with Gasteiger partial charge in [0, 0.05) is 12.2 Å². The van der Waals surface area contributed by atoms with Crippen LogP contribution in [-0.4, -0.2) is 24.4 Å². The first-order valence-electron chi connectivity index (χ1n) is 9.39. The number of hydrogen-bond donors (Lipinski definition) is 2. The van der Waals surface area contributed by atoms with Crippen molar-refractivity contribution in [3.8, 4) is 0 Å². The molecule has 6 nitrogen and oxygen atoms in total. The summed E-state index contributed by atoms with van der Waals surface area (Å²) in [7, 11) is 0. The van der Waals surface area contributed by atoms with Crippen molar-refractivity contribution in [2.45, 2.75) is 26.8 Å². The zero-order chi connectivity index (χ0) is 20.1. The van der Waals surface area contributed by atoms with Crippen molar-refractivity contribution in [3.05, 3.63) is 65.2 Å². The number of amides is 2. The van der Waals surface area contributed by atoms with Crippen molar-refractivity contribution < 1.29 is 19.1 Å². The number of carbonyl (C=O) groups excluding carboxylic acids is 3. The Bertz CT molecular complexity index is 876. The first-order valence-corrected chi connectivity index (χ1v) is 9.39. The van der Waals surface area contributed by atoms with Crippen LogP contribution in [0.5, 0.6) is 0 Å². The number of ether oxygens (including phenoxy) is 1. The normalized spacial score (nSPS) is 17.5. The van der Waals surface area contributed by atoms with E-state index in [0.29, 0.717) is 30.8 Å². The fraction of sp³-hybridized carbons (Fsp3) is 0.318. The molecule has 2 unspecified atom stereocenters. The van der Waals surface area contributed by atoms with E-state index in [9.17, 15) is 14.4 Å². The molecule has 2 atom stereocenters. The number of nitrogens with one attached hydrogen (secondary N) is 2. The number of hydrogen-bond acceptors (Lipinski definition) is 4. The summed E-state index contributed by atoms with van der Waals surface area (Å²) in [5.41, 5.74) is 3.20. The van der Waals surface area contributed by atoms with Crippen LogP contribution < -0.4 is 10.6 Å². The van der Waals surface area contributed by atoms with Crippen molar-refractivity contribution in [2.24, 2.45) is 11.8 Å². The molecule has 0 aliphatic heterocycles. The molecule has 146 valence electrons. The summed E-state index contributed by atoms with van der Waals surface area (Å²) in [6.45, 7) is 4.52. The maximum Gasteiger partial charge on any atom is 0.338 e. The number of benzene rings is 2. The lowest BCUT2D eigenvalue weighted by Gasteiger charge is -2.07. The van der Waals surface area contributed by atoms with E-state index in [1.165, 1.54) is 0 Å². The highest BCUT2D eigenvalue weighted by Crippen LogP contribution is 2.39. The van der Waals surface area contributed by atoms with Gasteiger partial charge in [0.2, 0.25) is 11.8 Å². The predicted octanol–water partition coefficient (Wildman–Crippen LogP) is 3.06. The van der Waals surface area contributed by atoms with Crippen LogP contribution in [0.3, 0.4) is 0 Å². The van der Waals surface area contributed by atoms with Crippen molar-refractivity contribution in [2.75, 3.05) is 11.9 Å². The van der Waals surface area contributed by atoms with E-state index in [2.05, 4.69) is 10.6 Å². The van der Waals surface area contributed by atoms with Gasteiger partial charge in [-0.15, -0.1) is 0 Å². The van der Waals surface area contributed by atoms with Crippen LogP contribution in [0.4, 0.5) is 5.69 Å². The molecule has 0 saturated heterocycles. The highest BCUT2D eigenvalue weighted by molar-refractivity contribution is 5.99. The van der Waals surface area contributed by atoms with E-state index in [1.54, 1.807) is 31.2 Å². The summed E-state index contributed by atoms with van der Waals surface area (Å²) in [4.78, 5) is 36.3. The third kappa shape index (κ3) is 4.97. The summed E-state index contributed by atoms with van der Waals surface area (Å²) in [5, 5.41) is 5.70. The van der Waals surface area contributed by atoms with Gasteiger partial charge in [-0.05, 0) is 50.1 Å². The van der Waals surface area contributed by atoms with E-state index in [-0.39, 0.29) is 23.7 Å². The third-order valence-corrected chi connectivity index (χ3v) is 4.68. The van der Waals surface area contributed by atoms with E-state index in [4.69, 9.17) is 4.74 Å². The Hall–Kier alpha value is -3.15. The zero-order valence-electron chi connectivity index (χ0n) is 16.0. The largest absolute Gasteiger partial charge is 0.462 e. The first kappa shape index (κ1) is 19.6. The van der Waals surface area contributed by atoms with Crippen LogP contribution in [0.2, 0.25) is 0 Å². The molecule has 6 heteroatoms. The van der Waals surface area contributed by atoms with Crippen LogP contribution >= 0.6 is 0 Å². The molecular formula is C22H24N2O4. The van der Waals surface area contributed by atoms with Gasteiger partial charge in [-0.2, -0.15) is 0 Å². The lowest BCUT2D eigenvalue weighted by molar-refractivity contribution is -0.125. The Balaban J connectivity index is 1.47. The summed E-state index contributed by atoms with van der Waals surface area (Å²) in [5.74, 6) is -1.28. The molecule has 1 aliphatic carbocycles. The second-order valence-electron chi connectivity index (χ2n) is 6.94. The number of rotatable bonds is 7. The molecule has 0 heterocycles. The third-order valence-electron chi connectivity index (χ3n) is 4.68. The minimum atomic E-state index is -0.395. The fourth-order valence-electron chi connectivity index (χ4n) is 3.06. The van der Waals surface area contributed by atoms with Gasteiger partial charge in [0.05, 0.1) is 24.0 Å². The average molecular weight is 380 g/mol. The molecule has 2 N–H and O–H groups in total. The SMILES string of the molecule is CCOC(=O)c1ccc(NC(=O)C2CC2C(=O)NCc2cccc(C)c2)cc1. The number of anilines is 1. The van der Waals surface area contributed by atoms with Crippen LogP contribution in [0.25, 0.3) is 0 Å². The second-order valence-corrected chi connectivity index (χ2v) is 6.94. The van der Waals surface area contributed by atoms with E-state index < -0.39 is 5.97 Å². The quantitative estimate of drug-likeness (QED) is 0.723. The van der Waals surface area contributed by atoms with Crippen molar-refractivity contribution in [1.82, 2.24) is 5.32 Å². The minimum Gasteiger partial charge on any atom is -0.462 e. The van der Waals surface area contributed by atoms with Gasteiger partial charge in [0.25, 0.3) is 0 Å². The molecule has 2 aromatic carbocycles. The van der Waals surface area contributed by atoms with Crippen LogP contribution in [0.15, 0.2) is 48.5 Å². The van der Waals surface area contributed by atoms with Crippen LogP contribution in [0, 0.1) is 18.8 Å². The highest BCUT2D eigenvalue weighted by Gasteiger charge is 2.47. The first-order chi connectivity index (χ1) is 13.5. The van der Waals surface area contributed by atoms with Gasteiger partial charge in [0.1, 0.15) is 0 Å². The maximum absolute atomic E-state index is 12.3. The Morgan fingerprint density at radius 2 is 1.75 bits per heavy atom. The fourth-order valence-corrected chi connectivity index (χ4v) is 3.06. The molecule has 28 heavy (non-hydrogen) atoms. The van der Waals surface area contributed by atoms with Gasteiger partial charge in [-0.1, -0.05) is 29.8 Å². The van der Waals surface area contributed by atoms with E-state index in [0.717, 1.165) is 11.1 Å². The maximum atomic E-state index is 12.3. The Kier molecular flexibility index (Phi) is 6.09. The number of esters is 1. The average Bonchev–Trinajstić information content (AvgIpc) is 3.48. The highest BCUT2D eigenvalue weighted by atomic mass is 16.5. The molecule has 0 radical (unpaired) electrons. The van der Waals surface area contributed by atoms with Gasteiger partial charge < -0.3 is 15.4 Å². The van der Waals surface area contributed by atoms with Crippen molar-refractivity contribution >= 4 is 23.5 Å².